The fraction of sp³-hybridized carbons (Fsp3) is 0.400. The quantitative estimate of drug-likeness (QED) is 0.491. The highest BCUT2D eigenvalue weighted by Crippen LogP contribution is 2.35. The normalized spacial score (nSPS) is 13.3. The van der Waals surface area contributed by atoms with E-state index in [1.54, 1.807) is 0 Å². The molecular formula is C5H3BF4N2. The highest BCUT2D eigenvalue weighted by molar-refractivity contribution is 6.13. The average Bonchev–Trinajstić information content (AvgIpc) is 2.34. The van der Waals surface area contributed by atoms with Crippen molar-refractivity contribution in [2.75, 3.05) is 0 Å². The van der Waals surface area contributed by atoms with Gasteiger partial charge in [0.1, 0.15) is 0 Å². The maximum atomic E-state index is 12.5. The van der Waals surface area contributed by atoms with E-state index in [1.807, 2.05) is 0 Å². The van der Waals surface area contributed by atoms with E-state index >= 15 is 0 Å². The molecule has 0 aliphatic carbocycles. The summed E-state index contributed by atoms with van der Waals surface area (Å²) >= 11 is 0. The molecule has 2 nitrogen and oxygen atoms in total. The van der Waals surface area contributed by atoms with Gasteiger partial charge in [-0.25, -0.2) is 13.8 Å². The Bertz CT molecular complexity index is 253. The summed E-state index contributed by atoms with van der Waals surface area (Å²) in [6.07, 6.45) is 2.24. The van der Waals surface area contributed by atoms with Gasteiger partial charge in [0.15, 0.2) is 7.85 Å². The molecule has 0 atom stereocenters. The fourth-order valence-electron chi connectivity index (χ4n) is 0.597. The third kappa shape index (κ3) is 1.30. The van der Waals surface area contributed by atoms with Crippen LogP contribution in [0.15, 0.2) is 18.7 Å². The Hall–Kier alpha value is -1.01. The number of alkyl halides is 4. The van der Waals surface area contributed by atoms with E-state index in [4.69, 9.17) is 0 Å². The molecule has 0 fully saturated rings. The molecule has 0 saturated heterocycles. The SMILES string of the molecule is [B]C(F)(F)C(F)(F)n1ccnc1. The minimum atomic E-state index is -4.59. The van der Waals surface area contributed by atoms with Gasteiger partial charge in [-0.3, -0.25) is 4.57 Å². The topological polar surface area (TPSA) is 17.8 Å². The summed E-state index contributed by atoms with van der Waals surface area (Å²) in [6.45, 7) is 0. The second-order valence-corrected chi connectivity index (χ2v) is 2.13. The van der Waals surface area contributed by atoms with Gasteiger partial charge in [-0.15, -0.1) is 0 Å². The van der Waals surface area contributed by atoms with Crippen LogP contribution in [0.3, 0.4) is 0 Å². The molecule has 2 radical (unpaired) electrons. The van der Waals surface area contributed by atoms with Gasteiger partial charge in [-0.2, -0.15) is 8.78 Å². The molecule has 12 heavy (non-hydrogen) atoms. The Morgan fingerprint density at radius 3 is 2.17 bits per heavy atom. The van der Waals surface area contributed by atoms with Crippen LogP contribution in [0.1, 0.15) is 0 Å². The number of aromatic nitrogens is 2. The van der Waals surface area contributed by atoms with Crippen LogP contribution in [0.25, 0.3) is 0 Å². The molecule has 0 amide bonds. The Kier molecular flexibility index (Phi) is 1.89. The first-order chi connectivity index (χ1) is 5.36. The predicted octanol–water partition coefficient (Wildman–Crippen LogP) is 1.19. The maximum Gasteiger partial charge on any atom is 0.382 e. The van der Waals surface area contributed by atoms with Crippen molar-refractivity contribution in [2.24, 2.45) is 0 Å². The van der Waals surface area contributed by atoms with E-state index in [0.29, 0.717) is 12.5 Å². The zero-order valence-electron chi connectivity index (χ0n) is 5.72. The van der Waals surface area contributed by atoms with Crippen molar-refractivity contribution in [1.29, 1.82) is 0 Å². The highest BCUT2D eigenvalue weighted by atomic mass is 19.3. The molecule has 0 unspecified atom stereocenters. The lowest BCUT2D eigenvalue weighted by Crippen LogP contribution is -2.42. The molecule has 7 heteroatoms. The first-order valence-corrected chi connectivity index (χ1v) is 2.88. The molecule has 0 bridgehead atoms. The van der Waals surface area contributed by atoms with E-state index < -0.39 is 11.9 Å². The van der Waals surface area contributed by atoms with Crippen molar-refractivity contribution in [3.05, 3.63) is 18.7 Å². The van der Waals surface area contributed by atoms with Gasteiger partial charge < -0.3 is 0 Å². The van der Waals surface area contributed by atoms with Crippen molar-refractivity contribution in [3.63, 3.8) is 0 Å². The van der Waals surface area contributed by atoms with Crippen molar-refractivity contribution in [1.82, 2.24) is 9.55 Å². The predicted molar refractivity (Wildman–Crippen MR) is 33.1 cm³/mol. The zero-order chi connectivity index (χ0) is 9.41. The van der Waals surface area contributed by atoms with Gasteiger partial charge >= 0.3 is 6.05 Å². The molecular weight excluding hydrogens is 175 g/mol. The fourth-order valence-corrected chi connectivity index (χ4v) is 0.597. The summed E-state index contributed by atoms with van der Waals surface area (Å²) in [5.41, 5.74) is 0. The minimum Gasteiger partial charge on any atom is -0.273 e. The summed E-state index contributed by atoms with van der Waals surface area (Å²) in [7, 11) is 3.97. The molecule has 0 aliphatic heterocycles. The Balaban J connectivity index is 3.02. The van der Waals surface area contributed by atoms with Crippen molar-refractivity contribution < 1.29 is 17.6 Å². The monoisotopic (exact) mass is 178 g/mol. The van der Waals surface area contributed by atoms with E-state index in [0.717, 1.165) is 6.20 Å². The first-order valence-electron chi connectivity index (χ1n) is 2.88. The lowest BCUT2D eigenvalue weighted by atomic mass is 9.96. The second-order valence-electron chi connectivity index (χ2n) is 2.13. The molecule has 0 aliphatic rings. The Morgan fingerprint density at radius 2 is 1.83 bits per heavy atom. The van der Waals surface area contributed by atoms with E-state index in [1.165, 1.54) is 0 Å². The van der Waals surface area contributed by atoms with Gasteiger partial charge in [-0.05, 0) is 0 Å². The average molecular weight is 178 g/mol. The molecule has 0 spiro atoms. The van der Waals surface area contributed by atoms with E-state index in [2.05, 4.69) is 12.8 Å². The summed E-state index contributed by atoms with van der Waals surface area (Å²) in [5.74, 6) is -4.59. The van der Waals surface area contributed by atoms with Crippen LogP contribution in [0.5, 0.6) is 0 Å². The third-order valence-corrected chi connectivity index (χ3v) is 1.23. The number of rotatable bonds is 2. The lowest BCUT2D eigenvalue weighted by molar-refractivity contribution is -0.215. The van der Waals surface area contributed by atoms with Crippen LogP contribution in [0.2, 0.25) is 0 Å². The molecule has 1 heterocycles. The van der Waals surface area contributed by atoms with Gasteiger partial charge in [0.05, 0.1) is 6.33 Å². The van der Waals surface area contributed by atoms with Crippen molar-refractivity contribution in [3.8, 4) is 0 Å². The van der Waals surface area contributed by atoms with Gasteiger partial charge in [0.2, 0.25) is 0 Å². The van der Waals surface area contributed by atoms with Crippen LogP contribution in [0, 0.1) is 0 Å². The number of halogens is 4. The standard InChI is InChI=1S/C5H3BF4N2/c6-4(7,8)5(9,10)12-2-1-11-3-12/h1-3H. The molecule has 1 rings (SSSR count). The lowest BCUT2D eigenvalue weighted by Gasteiger charge is -2.24. The summed E-state index contributed by atoms with van der Waals surface area (Å²) in [5, 5.41) is 0. The van der Waals surface area contributed by atoms with Crippen molar-refractivity contribution in [2.45, 2.75) is 11.9 Å². The maximum absolute atomic E-state index is 12.5. The van der Waals surface area contributed by atoms with Gasteiger partial charge in [0, 0.05) is 12.4 Å². The third-order valence-electron chi connectivity index (χ3n) is 1.23. The number of hydrogen-bond donors (Lipinski definition) is 0. The molecule has 0 saturated carbocycles. The number of nitrogens with zero attached hydrogens (tertiary/aromatic N) is 2. The van der Waals surface area contributed by atoms with Crippen LogP contribution in [-0.2, 0) is 6.05 Å². The number of hydrogen-bond acceptors (Lipinski definition) is 1. The molecule has 64 valence electrons. The summed E-state index contributed by atoms with van der Waals surface area (Å²) in [6, 6.07) is -4.44. The smallest absolute Gasteiger partial charge is 0.273 e. The minimum absolute atomic E-state index is 0.0486. The van der Waals surface area contributed by atoms with Crippen LogP contribution < -0.4 is 0 Å². The Labute approximate surface area is 66.6 Å². The summed E-state index contributed by atoms with van der Waals surface area (Å²) in [4.78, 5) is 3.20. The van der Waals surface area contributed by atoms with Gasteiger partial charge in [0.25, 0.3) is 5.82 Å². The molecule has 0 aromatic carbocycles. The molecule has 1 aromatic rings. The van der Waals surface area contributed by atoms with Crippen LogP contribution in [0.4, 0.5) is 17.6 Å². The highest BCUT2D eigenvalue weighted by Gasteiger charge is 2.52. The van der Waals surface area contributed by atoms with E-state index in [-0.39, 0.29) is 4.57 Å². The largest absolute Gasteiger partial charge is 0.382 e. The zero-order valence-corrected chi connectivity index (χ0v) is 5.72. The first kappa shape index (κ1) is 9.09. The Morgan fingerprint density at radius 1 is 1.25 bits per heavy atom. The summed E-state index contributed by atoms with van der Waals surface area (Å²) < 4.78 is 49.1. The second kappa shape index (κ2) is 2.50. The molecule has 1 aromatic heterocycles. The van der Waals surface area contributed by atoms with Crippen molar-refractivity contribution >= 4 is 7.85 Å². The van der Waals surface area contributed by atoms with Crippen LogP contribution >= 0.6 is 0 Å². The van der Waals surface area contributed by atoms with Gasteiger partial charge in [-0.1, -0.05) is 0 Å². The van der Waals surface area contributed by atoms with E-state index in [9.17, 15) is 17.6 Å². The molecule has 0 N–H and O–H groups in total. The number of imidazole rings is 1. The van der Waals surface area contributed by atoms with Crippen LogP contribution in [-0.4, -0.2) is 23.2 Å².